The van der Waals surface area contributed by atoms with Crippen molar-refractivity contribution >= 4 is 17.9 Å². The van der Waals surface area contributed by atoms with Gasteiger partial charge in [0.1, 0.15) is 13.2 Å². The van der Waals surface area contributed by atoms with Gasteiger partial charge in [0.05, 0.1) is 0 Å². The Morgan fingerprint density at radius 1 is 0.304 bits per heavy atom. The molecule has 388 valence electrons. The average Bonchev–Trinajstić information content (AvgIpc) is 3.35. The molecule has 0 aromatic carbocycles. The van der Waals surface area contributed by atoms with Gasteiger partial charge in [-0.15, -0.1) is 0 Å². The zero-order valence-electron chi connectivity index (χ0n) is 44.3. The van der Waals surface area contributed by atoms with Gasteiger partial charge in [-0.1, -0.05) is 219 Å². The summed E-state index contributed by atoms with van der Waals surface area (Å²) in [5, 5.41) is 0. The van der Waals surface area contributed by atoms with Gasteiger partial charge >= 0.3 is 17.9 Å². The molecule has 0 bridgehead atoms. The van der Waals surface area contributed by atoms with E-state index in [-0.39, 0.29) is 31.6 Å². The van der Waals surface area contributed by atoms with Gasteiger partial charge in [-0.05, 0) is 122 Å². The van der Waals surface area contributed by atoms with Gasteiger partial charge in [-0.3, -0.25) is 14.4 Å². The van der Waals surface area contributed by atoms with Crippen molar-refractivity contribution < 1.29 is 28.6 Å². The highest BCUT2D eigenvalue weighted by molar-refractivity contribution is 5.71. The molecule has 69 heavy (non-hydrogen) atoms. The largest absolute Gasteiger partial charge is 0.462 e. The lowest BCUT2D eigenvalue weighted by Crippen LogP contribution is -2.30. The molecule has 1 atom stereocenters. The third-order valence-electron chi connectivity index (χ3n) is 11.1. The van der Waals surface area contributed by atoms with E-state index in [9.17, 15) is 14.4 Å². The van der Waals surface area contributed by atoms with E-state index < -0.39 is 12.1 Å². The Balaban J connectivity index is 4.58. The van der Waals surface area contributed by atoms with Crippen LogP contribution >= 0.6 is 0 Å². The van der Waals surface area contributed by atoms with E-state index in [0.717, 1.165) is 116 Å². The smallest absolute Gasteiger partial charge is 0.306 e. The fourth-order valence-corrected chi connectivity index (χ4v) is 7.04. The molecule has 0 aromatic rings. The second kappa shape index (κ2) is 56.1. The molecule has 0 fully saturated rings. The van der Waals surface area contributed by atoms with Gasteiger partial charge in [0.15, 0.2) is 6.10 Å². The number of carbonyl (C=O) groups is 3. The first kappa shape index (κ1) is 64.5. The Morgan fingerprint density at radius 3 is 0.957 bits per heavy atom. The molecule has 0 saturated heterocycles. The van der Waals surface area contributed by atoms with E-state index in [1.807, 2.05) is 12.2 Å². The summed E-state index contributed by atoms with van der Waals surface area (Å²) in [6.45, 7) is 6.30. The van der Waals surface area contributed by atoms with E-state index in [1.54, 1.807) is 0 Å². The number of rotatable bonds is 48. The van der Waals surface area contributed by atoms with Crippen molar-refractivity contribution in [3.63, 3.8) is 0 Å². The zero-order valence-corrected chi connectivity index (χ0v) is 44.3. The van der Waals surface area contributed by atoms with Gasteiger partial charge in [-0.2, -0.15) is 0 Å². The van der Waals surface area contributed by atoms with Gasteiger partial charge in [-0.25, -0.2) is 0 Å². The summed E-state index contributed by atoms with van der Waals surface area (Å²) >= 11 is 0. The summed E-state index contributed by atoms with van der Waals surface area (Å²) in [5.41, 5.74) is 0. The number of esters is 3. The Bertz CT molecular complexity index is 1510. The fourth-order valence-electron chi connectivity index (χ4n) is 7.04. The van der Waals surface area contributed by atoms with Crippen molar-refractivity contribution in [2.24, 2.45) is 0 Å². The SMILES string of the molecule is CC/C=C\C/C=C\C/C=C\C/C=C\C/C=C\C/C=C\CCC(=O)O[C@H](COC(=O)CCCCCC/C=C\C/C=C\C/C=C\C/C=C\CC)COC(=O)CCCCCCCCC/C=C\CCCCCC. The lowest BCUT2D eigenvalue weighted by Gasteiger charge is -2.18. The highest BCUT2D eigenvalue weighted by Crippen LogP contribution is 2.13. The zero-order chi connectivity index (χ0) is 50.0. The van der Waals surface area contributed by atoms with Crippen LogP contribution in [-0.2, 0) is 28.6 Å². The third-order valence-corrected chi connectivity index (χ3v) is 11.1. The predicted octanol–water partition coefficient (Wildman–Crippen LogP) is 18.6. The third kappa shape index (κ3) is 54.4. The number of unbranched alkanes of at least 4 members (excludes halogenated alkanes) is 15. The maximum Gasteiger partial charge on any atom is 0.306 e. The Kier molecular flexibility index (Phi) is 52.5. The van der Waals surface area contributed by atoms with Crippen LogP contribution in [0.2, 0.25) is 0 Å². The number of hydrogen-bond donors (Lipinski definition) is 0. The average molecular weight is 953 g/mol. The van der Waals surface area contributed by atoms with Gasteiger partial charge < -0.3 is 14.2 Å². The molecule has 0 radical (unpaired) electrons. The standard InChI is InChI=1S/C63H100O6/c1-4-7-10-13-16-19-22-25-28-30-31-33-36-39-42-45-48-51-54-57-63(66)69-60(58-67-61(64)55-52-49-46-43-40-37-34-27-24-21-18-15-12-9-6-3)59-68-62(65)56-53-50-47-44-41-38-35-32-29-26-23-20-17-14-11-8-5-2/h7-8,10-11,16-17,19-21,24-26,28-29,31,33,35,38-39,42,48,51,60H,4-6,9,12-15,18,22-23,27,30,32,34,36-37,40-41,43-47,49-50,52-59H2,1-3H3/b10-7-,11-8-,19-16-,20-17-,24-21-,28-25-,29-26-,33-31-,38-35-,42-39-,51-48-/t60-/m0/s1. The maximum absolute atomic E-state index is 12.8. The Morgan fingerprint density at radius 2 is 0.594 bits per heavy atom. The molecule has 6 nitrogen and oxygen atoms in total. The lowest BCUT2D eigenvalue weighted by atomic mass is 10.1. The van der Waals surface area contributed by atoms with Crippen LogP contribution in [0.3, 0.4) is 0 Å². The fraction of sp³-hybridized carbons (Fsp3) is 0.603. The van der Waals surface area contributed by atoms with E-state index in [2.05, 4.69) is 142 Å². The van der Waals surface area contributed by atoms with Crippen LogP contribution in [0.15, 0.2) is 134 Å². The summed E-state index contributed by atoms with van der Waals surface area (Å²) in [5.74, 6) is -1.04. The maximum atomic E-state index is 12.8. The van der Waals surface area contributed by atoms with Crippen LogP contribution in [0, 0.1) is 0 Å². The summed E-state index contributed by atoms with van der Waals surface area (Å²) < 4.78 is 16.7. The van der Waals surface area contributed by atoms with E-state index in [4.69, 9.17) is 14.2 Å². The minimum atomic E-state index is -0.836. The summed E-state index contributed by atoms with van der Waals surface area (Å²) in [6, 6.07) is 0. The van der Waals surface area contributed by atoms with Crippen molar-refractivity contribution in [3.8, 4) is 0 Å². The van der Waals surface area contributed by atoms with Crippen molar-refractivity contribution in [2.75, 3.05) is 13.2 Å². The molecule has 6 heteroatoms. The summed E-state index contributed by atoms with van der Waals surface area (Å²) in [6.07, 6.45) is 78.7. The number of hydrogen-bond acceptors (Lipinski definition) is 6. The molecular weight excluding hydrogens is 853 g/mol. The quantitative estimate of drug-likeness (QED) is 0.0262. The highest BCUT2D eigenvalue weighted by Gasteiger charge is 2.19. The Labute approximate surface area is 424 Å². The molecule has 0 heterocycles. The normalized spacial score (nSPS) is 13.1. The van der Waals surface area contributed by atoms with Crippen molar-refractivity contribution in [3.05, 3.63) is 134 Å². The van der Waals surface area contributed by atoms with Crippen LogP contribution in [-0.4, -0.2) is 37.2 Å². The Hall–Kier alpha value is -4.45. The first-order chi connectivity index (χ1) is 34.0. The monoisotopic (exact) mass is 953 g/mol. The lowest BCUT2D eigenvalue weighted by molar-refractivity contribution is -0.166. The van der Waals surface area contributed by atoms with Crippen LogP contribution in [0.25, 0.3) is 0 Å². The predicted molar refractivity (Wildman–Crippen MR) is 297 cm³/mol. The number of allylic oxidation sites excluding steroid dienone is 22. The van der Waals surface area contributed by atoms with Crippen molar-refractivity contribution in [1.82, 2.24) is 0 Å². The molecule has 0 rings (SSSR count). The van der Waals surface area contributed by atoms with E-state index in [1.165, 1.54) is 64.2 Å². The topological polar surface area (TPSA) is 78.9 Å². The van der Waals surface area contributed by atoms with Crippen LogP contribution < -0.4 is 0 Å². The molecule has 0 amide bonds. The highest BCUT2D eigenvalue weighted by atomic mass is 16.6. The molecule has 0 saturated carbocycles. The first-order valence-corrected chi connectivity index (χ1v) is 27.7. The summed E-state index contributed by atoms with van der Waals surface area (Å²) in [4.78, 5) is 38.1. The molecule has 0 spiro atoms. The van der Waals surface area contributed by atoms with Crippen molar-refractivity contribution in [1.29, 1.82) is 0 Å². The van der Waals surface area contributed by atoms with E-state index >= 15 is 0 Å². The molecule has 0 aliphatic rings. The molecule has 0 N–H and O–H groups in total. The van der Waals surface area contributed by atoms with Crippen LogP contribution in [0.4, 0.5) is 0 Å². The van der Waals surface area contributed by atoms with Crippen molar-refractivity contribution in [2.45, 2.75) is 232 Å². The molecular formula is C63H100O6. The second-order valence-corrected chi connectivity index (χ2v) is 17.7. The molecule has 0 aliphatic heterocycles. The summed E-state index contributed by atoms with van der Waals surface area (Å²) in [7, 11) is 0. The molecule has 0 aliphatic carbocycles. The van der Waals surface area contributed by atoms with Gasteiger partial charge in [0.25, 0.3) is 0 Å². The van der Waals surface area contributed by atoms with Crippen LogP contribution in [0.5, 0.6) is 0 Å². The molecule has 0 unspecified atom stereocenters. The number of ether oxygens (including phenoxy) is 3. The minimum absolute atomic E-state index is 0.123. The van der Waals surface area contributed by atoms with Gasteiger partial charge in [0.2, 0.25) is 0 Å². The second-order valence-electron chi connectivity index (χ2n) is 17.7. The number of carbonyl (C=O) groups excluding carboxylic acids is 3. The molecule has 0 aromatic heterocycles. The minimum Gasteiger partial charge on any atom is -0.462 e. The van der Waals surface area contributed by atoms with Crippen LogP contribution in [0.1, 0.15) is 226 Å². The van der Waals surface area contributed by atoms with Gasteiger partial charge in [0, 0.05) is 19.3 Å². The first-order valence-electron chi connectivity index (χ1n) is 27.7. The van der Waals surface area contributed by atoms with E-state index in [0.29, 0.717) is 19.3 Å².